The highest BCUT2D eigenvalue weighted by molar-refractivity contribution is 5.74. The highest BCUT2D eigenvalue weighted by Gasteiger charge is 2.15. The van der Waals surface area contributed by atoms with E-state index in [2.05, 4.69) is 27.5 Å². The van der Waals surface area contributed by atoms with Gasteiger partial charge in [0, 0.05) is 38.8 Å². The summed E-state index contributed by atoms with van der Waals surface area (Å²) in [5.41, 5.74) is 0. The normalized spacial score (nSPS) is 22.2. The Morgan fingerprint density at radius 3 is 2.36 bits per heavy atom. The summed E-state index contributed by atoms with van der Waals surface area (Å²) < 4.78 is 0. The average molecular weight is 310 g/mol. The number of nitrogens with zero attached hydrogens (tertiary/aromatic N) is 2. The van der Waals surface area contributed by atoms with E-state index >= 15 is 0 Å². The number of nitrogens with one attached hydrogen (secondary N) is 2. The third-order valence-electron chi connectivity index (χ3n) is 4.97. The molecule has 5 heteroatoms. The molecular weight excluding hydrogens is 276 g/mol. The van der Waals surface area contributed by atoms with Gasteiger partial charge in [-0.15, -0.1) is 0 Å². The molecule has 22 heavy (non-hydrogen) atoms. The molecule has 0 radical (unpaired) electrons. The van der Waals surface area contributed by atoms with Gasteiger partial charge >= 0.3 is 6.03 Å². The fourth-order valence-corrected chi connectivity index (χ4v) is 3.39. The summed E-state index contributed by atoms with van der Waals surface area (Å²) in [5.74, 6) is 0. The van der Waals surface area contributed by atoms with Crippen molar-refractivity contribution < 1.29 is 4.79 Å². The Hall–Kier alpha value is -0.810. The van der Waals surface area contributed by atoms with Crippen molar-refractivity contribution in [1.29, 1.82) is 0 Å². The van der Waals surface area contributed by atoms with Crippen LogP contribution >= 0.6 is 0 Å². The lowest BCUT2D eigenvalue weighted by molar-refractivity contribution is 0.152. The lowest BCUT2D eigenvalue weighted by Gasteiger charge is -2.32. The smallest absolute Gasteiger partial charge is 0.315 e. The van der Waals surface area contributed by atoms with Crippen molar-refractivity contribution in [3.8, 4) is 0 Å². The van der Waals surface area contributed by atoms with Gasteiger partial charge < -0.3 is 20.4 Å². The van der Waals surface area contributed by atoms with E-state index in [0.717, 1.165) is 25.8 Å². The predicted molar refractivity (Wildman–Crippen MR) is 91.2 cm³/mol. The minimum absolute atomic E-state index is 0.0338. The van der Waals surface area contributed by atoms with Gasteiger partial charge in [-0.05, 0) is 39.3 Å². The third kappa shape index (κ3) is 6.97. The summed E-state index contributed by atoms with van der Waals surface area (Å²) in [6.45, 7) is 6.70. The van der Waals surface area contributed by atoms with Crippen molar-refractivity contribution in [3.63, 3.8) is 0 Å². The Balaban J connectivity index is 1.46. The molecule has 128 valence electrons. The second-order valence-electron chi connectivity index (χ2n) is 6.94. The van der Waals surface area contributed by atoms with E-state index in [1.165, 1.54) is 64.8 Å². The van der Waals surface area contributed by atoms with Crippen molar-refractivity contribution in [2.45, 2.75) is 57.4 Å². The number of unbranched alkanes of at least 4 members (excludes halogenated alkanes) is 1. The summed E-state index contributed by atoms with van der Waals surface area (Å²) in [4.78, 5) is 16.8. The van der Waals surface area contributed by atoms with E-state index in [0.29, 0.717) is 6.04 Å². The topological polar surface area (TPSA) is 47.6 Å². The summed E-state index contributed by atoms with van der Waals surface area (Å²) in [6, 6.07) is 0.430. The second kappa shape index (κ2) is 10.1. The molecular formula is C17H34N4O. The molecule has 1 aliphatic heterocycles. The van der Waals surface area contributed by atoms with Crippen molar-refractivity contribution in [2.75, 3.05) is 46.3 Å². The number of rotatable bonds is 6. The number of hydrogen-bond donors (Lipinski definition) is 2. The monoisotopic (exact) mass is 310 g/mol. The summed E-state index contributed by atoms with van der Waals surface area (Å²) >= 11 is 0. The molecule has 2 amide bonds. The first-order valence-electron chi connectivity index (χ1n) is 9.19. The molecule has 1 saturated heterocycles. The molecule has 0 atom stereocenters. The van der Waals surface area contributed by atoms with Gasteiger partial charge in [0.05, 0.1) is 0 Å². The van der Waals surface area contributed by atoms with Crippen LogP contribution in [0.5, 0.6) is 0 Å². The molecule has 5 nitrogen and oxygen atoms in total. The quantitative estimate of drug-likeness (QED) is 0.583. The third-order valence-corrected chi connectivity index (χ3v) is 4.97. The Morgan fingerprint density at radius 2 is 1.68 bits per heavy atom. The first-order chi connectivity index (χ1) is 10.7. The van der Waals surface area contributed by atoms with Crippen LogP contribution in [0.4, 0.5) is 4.79 Å². The highest BCUT2D eigenvalue weighted by atomic mass is 16.2. The van der Waals surface area contributed by atoms with Gasteiger partial charge in [0.25, 0.3) is 0 Å². The molecule has 2 aliphatic rings. The van der Waals surface area contributed by atoms with Gasteiger partial charge in [0.2, 0.25) is 0 Å². The minimum atomic E-state index is 0.0338. The van der Waals surface area contributed by atoms with Crippen LogP contribution < -0.4 is 10.6 Å². The maximum atomic E-state index is 11.9. The number of carbonyl (C=O) groups excluding carboxylic acids is 1. The fraction of sp³-hybridized carbons (Fsp3) is 0.941. The Kier molecular flexibility index (Phi) is 8.02. The van der Waals surface area contributed by atoms with Crippen LogP contribution in [0.25, 0.3) is 0 Å². The second-order valence-corrected chi connectivity index (χ2v) is 6.94. The van der Waals surface area contributed by atoms with E-state index in [-0.39, 0.29) is 6.03 Å². The van der Waals surface area contributed by atoms with Crippen LogP contribution in [0.3, 0.4) is 0 Å². The van der Waals surface area contributed by atoms with Gasteiger partial charge in [-0.3, -0.25) is 0 Å². The Morgan fingerprint density at radius 1 is 1.00 bits per heavy atom. The first-order valence-corrected chi connectivity index (χ1v) is 9.19. The number of hydrogen-bond acceptors (Lipinski definition) is 3. The molecule has 1 saturated carbocycles. The standard InChI is InChI=1S/C17H34N4O/c1-20-12-14-21(15-13-20)11-7-6-10-18-17(22)19-16-8-4-2-3-5-9-16/h16H,2-15H2,1H3,(H2,18,19,22). The zero-order chi connectivity index (χ0) is 15.6. The van der Waals surface area contributed by atoms with Gasteiger partial charge in [-0.1, -0.05) is 25.7 Å². The molecule has 0 unspecified atom stereocenters. The molecule has 2 N–H and O–H groups in total. The molecule has 0 spiro atoms. The Labute approximate surface area is 135 Å². The zero-order valence-electron chi connectivity index (χ0n) is 14.3. The fourth-order valence-electron chi connectivity index (χ4n) is 3.39. The van der Waals surface area contributed by atoms with Crippen LogP contribution in [-0.4, -0.2) is 68.2 Å². The van der Waals surface area contributed by atoms with Crippen molar-refractivity contribution in [2.24, 2.45) is 0 Å². The number of carbonyl (C=O) groups is 1. The lowest BCUT2D eigenvalue weighted by Crippen LogP contribution is -2.45. The van der Waals surface area contributed by atoms with Crippen LogP contribution in [0.2, 0.25) is 0 Å². The van der Waals surface area contributed by atoms with Crippen LogP contribution in [0.1, 0.15) is 51.4 Å². The number of likely N-dealkylation sites (N-methyl/N-ethyl adjacent to an activating group) is 1. The molecule has 0 aromatic rings. The maximum Gasteiger partial charge on any atom is 0.315 e. The van der Waals surface area contributed by atoms with Crippen molar-refractivity contribution >= 4 is 6.03 Å². The van der Waals surface area contributed by atoms with Crippen LogP contribution in [0.15, 0.2) is 0 Å². The number of amides is 2. The predicted octanol–water partition coefficient (Wildman–Crippen LogP) is 2.04. The van der Waals surface area contributed by atoms with E-state index in [1.54, 1.807) is 0 Å². The molecule has 2 rings (SSSR count). The summed E-state index contributed by atoms with van der Waals surface area (Å²) in [7, 11) is 2.19. The van der Waals surface area contributed by atoms with E-state index in [4.69, 9.17) is 0 Å². The van der Waals surface area contributed by atoms with Gasteiger partial charge in [-0.2, -0.15) is 0 Å². The highest BCUT2D eigenvalue weighted by Crippen LogP contribution is 2.16. The first kappa shape index (κ1) is 17.5. The van der Waals surface area contributed by atoms with Gasteiger partial charge in [0.15, 0.2) is 0 Å². The molecule has 0 bridgehead atoms. The maximum absolute atomic E-state index is 11.9. The Bertz CT molecular complexity index is 308. The number of urea groups is 1. The van der Waals surface area contributed by atoms with E-state index < -0.39 is 0 Å². The lowest BCUT2D eigenvalue weighted by atomic mass is 10.1. The molecule has 1 heterocycles. The molecule has 0 aromatic heterocycles. The van der Waals surface area contributed by atoms with E-state index in [9.17, 15) is 4.79 Å². The van der Waals surface area contributed by atoms with Crippen molar-refractivity contribution in [1.82, 2.24) is 20.4 Å². The molecule has 1 aliphatic carbocycles. The average Bonchev–Trinajstić information content (AvgIpc) is 2.77. The van der Waals surface area contributed by atoms with E-state index in [1.807, 2.05) is 0 Å². The summed E-state index contributed by atoms with van der Waals surface area (Å²) in [6.07, 6.45) is 9.72. The van der Waals surface area contributed by atoms with Gasteiger partial charge in [0.1, 0.15) is 0 Å². The van der Waals surface area contributed by atoms with Crippen LogP contribution in [0, 0.1) is 0 Å². The minimum Gasteiger partial charge on any atom is -0.338 e. The van der Waals surface area contributed by atoms with Crippen LogP contribution in [-0.2, 0) is 0 Å². The SMILES string of the molecule is CN1CCN(CCCCNC(=O)NC2CCCCCC2)CC1. The number of piperazine rings is 1. The summed E-state index contributed by atoms with van der Waals surface area (Å²) in [5, 5.41) is 6.16. The largest absolute Gasteiger partial charge is 0.338 e. The van der Waals surface area contributed by atoms with Crippen molar-refractivity contribution in [3.05, 3.63) is 0 Å². The molecule has 0 aromatic carbocycles. The zero-order valence-corrected chi connectivity index (χ0v) is 14.3. The molecule has 2 fully saturated rings. The van der Waals surface area contributed by atoms with Gasteiger partial charge in [-0.25, -0.2) is 4.79 Å².